The van der Waals surface area contributed by atoms with Gasteiger partial charge >= 0.3 is 0 Å². The summed E-state index contributed by atoms with van der Waals surface area (Å²) in [5.74, 6) is -1.05. The number of carbonyl (C=O) groups is 3. The van der Waals surface area contributed by atoms with Crippen LogP contribution < -0.4 is 21.7 Å². The Morgan fingerprint density at radius 1 is 1.10 bits per heavy atom. The molecule has 0 aromatic heterocycles. The maximum absolute atomic E-state index is 11.6. The van der Waals surface area contributed by atoms with Crippen molar-refractivity contribution < 1.29 is 51.9 Å². The van der Waals surface area contributed by atoms with Gasteiger partial charge in [-0.15, -0.1) is 0 Å². The Balaban J connectivity index is 0.00000361. The second-order valence-corrected chi connectivity index (χ2v) is 4.24. The summed E-state index contributed by atoms with van der Waals surface area (Å²) in [6.45, 7) is -0.271. The molecular weight excluding hydrogens is 341 g/mol. The number of nitrogens with two attached hydrogens (primary N) is 1. The van der Waals surface area contributed by atoms with Crippen molar-refractivity contribution in [3.63, 3.8) is 0 Å². The van der Waals surface area contributed by atoms with Crippen LogP contribution in [0, 0.1) is 0 Å². The molecule has 1 aliphatic rings. The fraction of sp³-hybridized carbons (Fsp3) is 0.636. The van der Waals surface area contributed by atoms with Crippen molar-refractivity contribution in [3.05, 3.63) is 0 Å². The summed E-state index contributed by atoms with van der Waals surface area (Å²) < 4.78 is 0. The van der Waals surface area contributed by atoms with Crippen molar-refractivity contribution in [1.29, 1.82) is 0 Å². The summed E-state index contributed by atoms with van der Waals surface area (Å²) in [7, 11) is 0. The molecule has 2 amide bonds. The third-order valence-electron chi connectivity index (χ3n) is 2.71. The standard InChI is InChI=1S/C11H17N4O4.Y/c12-8-1-2-10(18)15-5-11(19)14-3-7(6-16)13-4-9(8)17;/h7-8,13H,1-5,12H2,(H,14,19)(H,15,18);/q-1;. The van der Waals surface area contributed by atoms with Gasteiger partial charge in [-0.25, -0.2) is 6.29 Å². The summed E-state index contributed by atoms with van der Waals surface area (Å²) in [6, 6.07) is -1.55. The monoisotopic (exact) mass is 358 g/mol. The SMILES string of the molecule is NC1CCC(=O)NCC(=O)NCC([C-]=O)NCC1=O.[Y]. The van der Waals surface area contributed by atoms with Crippen molar-refractivity contribution in [2.24, 2.45) is 5.73 Å². The van der Waals surface area contributed by atoms with E-state index in [0.29, 0.717) is 0 Å². The number of ketones is 1. The first-order valence-electron chi connectivity index (χ1n) is 5.95. The second kappa shape index (κ2) is 10.1. The van der Waals surface area contributed by atoms with Crippen LogP contribution in [0.25, 0.3) is 0 Å². The zero-order chi connectivity index (χ0) is 14.3. The molecule has 0 saturated carbocycles. The molecule has 20 heavy (non-hydrogen) atoms. The fourth-order valence-electron chi connectivity index (χ4n) is 1.50. The third kappa shape index (κ3) is 7.18. The van der Waals surface area contributed by atoms with Crippen molar-refractivity contribution in [2.75, 3.05) is 19.6 Å². The van der Waals surface area contributed by atoms with Gasteiger partial charge in [0.15, 0.2) is 5.78 Å². The summed E-state index contributed by atoms with van der Waals surface area (Å²) >= 11 is 0. The number of hydrogen-bond donors (Lipinski definition) is 4. The molecule has 2 atom stereocenters. The molecule has 0 spiro atoms. The van der Waals surface area contributed by atoms with Gasteiger partial charge in [-0.2, -0.15) is 0 Å². The average molecular weight is 358 g/mol. The first-order valence-corrected chi connectivity index (χ1v) is 5.95. The molecule has 1 heterocycles. The van der Waals surface area contributed by atoms with E-state index in [1.165, 1.54) is 0 Å². The van der Waals surface area contributed by atoms with E-state index in [1.807, 2.05) is 0 Å². The Kier molecular flexibility index (Phi) is 9.74. The number of nitrogens with one attached hydrogen (secondary N) is 3. The number of rotatable bonds is 1. The Morgan fingerprint density at radius 3 is 2.45 bits per heavy atom. The van der Waals surface area contributed by atoms with Crippen LogP contribution >= 0.6 is 0 Å². The Labute approximate surface area is 141 Å². The van der Waals surface area contributed by atoms with E-state index in [4.69, 9.17) is 5.73 Å². The molecule has 1 saturated heterocycles. The third-order valence-corrected chi connectivity index (χ3v) is 2.71. The normalized spacial score (nSPS) is 25.9. The van der Waals surface area contributed by atoms with E-state index in [9.17, 15) is 19.2 Å². The molecule has 1 fully saturated rings. The van der Waals surface area contributed by atoms with Gasteiger partial charge < -0.3 is 26.5 Å². The molecule has 1 rings (SSSR count). The minimum absolute atomic E-state index is 0. The van der Waals surface area contributed by atoms with Crippen LogP contribution in [0.15, 0.2) is 0 Å². The van der Waals surface area contributed by atoms with Gasteiger partial charge in [-0.3, -0.25) is 14.4 Å². The van der Waals surface area contributed by atoms with Crippen LogP contribution in [0.5, 0.6) is 0 Å². The first-order chi connectivity index (χ1) is 9.02. The summed E-state index contributed by atoms with van der Waals surface area (Å²) in [4.78, 5) is 45.0. The molecule has 5 N–H and O–H groups in total. The van der Waals surface area contributed by atoms with Crippen LogP contribution in [-0.2, 0) is 51.9 Å². The van der Waals surface area contributed by atoms with E-state index < -0.39 is 18.0 Å². The predicted molar refractivity (Wildman–Crippen MR) is 65.7 cm³/mol. The zero-order valence-electron chi connectivity index (χ0n) is 11.0. The molecule has 1 aliphatic heterocycles. The smallest absolute Gasteiger partial charge is 0.239 e. The van der Waals surface area contributed by atoms with Crippen molar-refractivity contribution in [2.45, 2.75) is 24.9 Å². The molecular formula is C11H17N4O4Y-. The number of amides is 2. The number of Topliss-reactive ketones (excluding diaryl/α,β-unsaturated/α-hetero) is 1. The van der Waals surface area contributed by atoms with Gasteiger partial charge in [0, 0.05) is 45.7 Å². The van der Waals surface area contributed by atoms with Crippen molar-refractivity contribution in [1.82, 2.24) is 16.0 Å². The fourth-order valence-corrected chi connectivity index (χ4v) is 1.50. The minimum Gasteiger partial charge on any atom is -0.540 e. The molecule has 9 heteroatoms. The molecule has 109 valence electrons. The summed E-state index contributed by atoms with van der Waals surface area (Å²) in [5.41, 5.74) is 5.62. The van der Waals surface area contributed by atoms with E-state index in [-0.39, 0.29) is 76.9 Å². The largest absolute Gasteiger partial charge is 0.540 e. The molecule has 0 aromatic rings. The van der Waals surface area contributed by atoms with Gasteiger partial charge in [0.2, 0.25) is 11.8 Å². The van der Waals surface area contributed by atoms with Crippen LogP contribution in [-0.4, -0.2) is 55.6 Å². The quantitative estimate of drug-likeness (QED) is 0.369. The summed E-state index contributed by atoms with van der Waals surface area (Å²) in [6.07, 6.45) is 1.95. The molecule has 0 aromatic carbocycles. The Bertz CT molecular complexity index is 377. The zero-order valence-corrected chi connectivity index (χ0v) is 13.8. The average Bonchev–Trinajstić information content (AvgIpc) is 2.41. The minimum atomic E-state index is -0.781. The van der Waals surface area contributed by atoms with Gasteiger partial charge in [0.1, 0.15) is 0 Å². The molecule has 0 bridgehead atoms. The van der Waals surface area contributed by atoms with Gasteiger partial charge in [0.25, 0.3) is 0 Å². The van der Waals surface area contributed by atoms with Crippen LogP contribution in [0.2, 0.25) is 0 Å². The summed E-state index contributed by atoms with van der Waals surface area (Å²) in [5, 5.41) is 7.50. The molecule has 1 radical (unpaired) electrons. The van der Waals surface area contributed by atoms with Crippen molar-refractivity contribution >= 4 is 23.9 Å². The number of hydrogen-bond acceptors (Lipinski definition) is 6. The topological polar surface area (TPSA) is 130 Å². The van der Waals surface area contributed by atoms with E-state index in [0.717, 1.165) is 0 Å². The van der Waals surface area contributed by atoms with E-state index in [2.05, 4.69) is 16.0 Å². The molecule has 0 aliphatic carbocycles. The van der Waals surface area contributed by atoms with Gasteiger partial charge in [-0.05, 0) is 6.42 Å². The van der Waals surface area contributed by atoms with E-state index >= 15 is 0 Å². The maximum Gasteiger partial charge on any atom is 0.239 e. The maximum atomic E-state index is 11.6. The second-order valence-electron chi connectivity index (χ2n) is 4.24. The van der Waals surface area contributed by atoms with Gasteiger partial charge in [0.05, 0.1) is 19.1 Å². The van der Waals surface area contributed by atoms with E-state index in [1.54, 1.807) is 6.29 Å². The first kappa shape index (κ1) is 19.3. The molecule has 8 nitrogen and oxygen atoms in total. The Hall–Kier alpha value is -0.696. The van der Waals surface area contributed by atoms with Crippen LogP contribution in [0.3, 0.4) is 0 Å². The Morgan fingerprint density at radius 2 is 1.80 bits per heavy atom. The van der Waals surface area contributed by atoms with Gasteiger partial charge in [-0.1, -0.05) is 6.04 Å². The molecule has 2 unspecified atom stereocenters. The number of carbonyl (C=O) groups excluding carboxylic acids is 4. The van der Waals surface area contributed by atoms with Crippen LogP contribution in [0.4, 0.5) is 0 Å². The van der Waals surface area contributed by atoms with Crippen molar-refractivity contribution in [3.8, 4) is 0 Å². The van der Waals surface area contributed by atoms with Crippen LogP contribution in [0.1, 0.15) is 12.8 Å². The predicted octanol–water partition coefficient (Wildman–Crippen LogP) is -3.03.